The number of nitrogens with zero attached hydrogens (tertiary/aromatic N) is 1. The first-order valence-electron chi connectivity index (χ1n) is 7.69. The maximum absolute atomic E-state index is 11.0. The number of hydrogen-bond donors (Lipinski definition) is 1. The van der Waals surface area contributed by atoms with Gasteiger partial charge in [0.25, 0.3) is 0 Å². The van der Waals surface area contributed by atoms with E-state index in [1.165, 1.54) is 6.92 Å². The molecule has 1 aliphatic rings. The second-order valence-corrected chi connectivity index (χ2v) is 5.70. The lowest BCUT2D eigenvalue weighted by Gasteiger charge is -2.20. The monoisotopic (exact) mass is 361 g/mol. The zero-order valence-corrected chi connectivity index (χ0v) is 15.6. The van der Waals surface area contributed by atoms with Crippen molar-refractivity contribution in [3.05, 3.63) is 33.8 Å². The van der Waals surface area contributed by atoms with Gasteiger partial charge in [0.1, 0.15) is 0 Å². The summed E-state index contributed by atoms with van der Waals surface area (Å²) in [6, 6.07) is 4.90. The highest BCUT2D eigenvalue weighted by Crippen LogP contribution is 2.22. The number of rotatable bonds is 2. The molecule has 130 valence electrons. The average molecular weight is 362 g/mol. The van der Waals surface area contributed by atoms with E-state index in [4.69, 9.17) is 28.3 Å². The third-order valence-electron chi connectivity index (χ3n) is 3.29. The molecule has 1 aromatic carbocycles. The zero-order chi connectivity index (χ0) is 18.0. The van der Waals surface area contributed by atoms with Crippen LogP contribution in [0, 0.1) is 0 Å². The van der Waals surface area contributed by atoms with E-state index in [0.717, 1.165) is 24.9 Å². The number of likely N-dealkylation sites (tertiary alicyclic amines) is 1. The zero-order valence-electron chi connectivity index (χ0n) is 14.1. The number of halogens is 2. The van der Waals surface area contributed by atoms with Crippen LogP contribution in [0.3, 0.4) is 0 Å². The minimum Gasteiger partial charge on any atom is -0.392 e. The van der Waals surface area contributed by atoms with Gasteiger partial charge in [-0.25, -0.2) is 0 Å². The van der Waals surface area contributed by atoms with Crippen LogP contribution in [0.4, 0.5) is 0 Å². The Labute approximate surface area is 148 Å². The molecule has 0 radical (unpaired) electrons. The second kappa shape index (κ2) is 11.4. The normalized spacial score (nSPS) is 16.0. The highest BCUT2D eigenvalue weighted by molar-refractivity contribution is 6.42. The number of Topliss-reactive ketones (excluding diaryl/α,β-unsaturated/α-hetero) is 1. The van der Waals surface area contributed by atoms with Crippen LogP contribution in [-0.2, 0) is 16.2 Å². The van der Waals surface area contributed by atoms with Gasteiger partial charge in [-0.1, -0.05) is 43.1 Å². The maximum Gasteiger partial charge on any atom is 0.220 e. The Morgan fingerprint density at radius 1 is 1.22 bits per heavy atom. The lowest BCUT2D eigenvalue weighted by molar-refractivity contribution is -0.135. The van der Waals surface area contributed by atoms with Crippen molar-refractivity contribution in [3.63, 3.8) is 0 Å². The van der Waals surface area contributed by atoms with Crippen LogP contribution >= 0.6 is 23.2 Å². The van der Waals surface area contributed by atoms with Crippen LogP contribution in [0.2, 0.25) is 10.0 Å². The number of amides is 1. The fourth-order valence-corrected chi connectivity index (χ4v) is 2.52. The summed E-state index contributed by atoms with van der Waals surface area (Å²) < 4.78 is 0. The van der Waals surface area contributed by atoms with Crippen molar-refractivity contribution in [3.8, 4) is 0 Å². The summed E-state index contributed by atoms with van der Waals surface area (Å²) in [5, 5.41) is 9.64. The predicted octanol–water partition coefficient (Wildman–Crippen LogP) is 4.10. The first-order valence-corrected chi connectivity index (χ1v) is 8.44. The van der Waals surface area contributed by atoms with Crippen LogP contribution in [-0.4, -0.2) is 34.3 Å². The SMILES string of the molecule is CC.CC(=O)C1CCCN1C(C)=O.OCc1ccc(Cl)c(Cl)c1. The third-order valence-corrected chi connectivity index (χ3v) is 4.03. The highest BCUT2D eigenvalue weighted by atomic mass is 35.5. The van der Waals surface area contributed by atoms with Crippen LogP contribution < -0.4 is 0 Å². The van der Waals surface area contributed by atoms with Gasteiger partial charge in [0.15, 0.2) is 5.78 Å². The van der Waals surface area contributed by atoms with Crippen molar-refractivity contribution >= 4 is 34.9 Å². The molecule has 0 aliphatic carbocycles. The van der Waals surface area contributed by atoms with Crippen LogP contribution in [0.5, 0.6) is 0 Å². The molecule has 1 aliphatic heterocycles. The number of ketones is 1. The first kappa shape index (κ1) is 21.9. The number of aliphatic hydroxyl groups is 1. The van der Waals surface area contributed by atoms with Crippen molar-refractivity contribution in [1.29, 1.82) is 0 Å². The highest BCUT2D eigenvalue weighted by Gasteiger charge is 2.29. The molecule has 1 unspecified atom stereocenters. The molecule has 0 saturated carbocycles. The lowest BCUT2D eigenvalue weighted by Crippen LogP contribution is -2.37. The topological polar surface area (TPSA) is 57.6 Å². The molecule has 0 aromatic heterocycles. The van der Waals surface area contributed by atoms with E-state index in [1.54, 1.807) is 30.0 Å². The summed E-state index contributed by atoms with van der Waals surface area (Å²) >= 11 is 11.3. The molecular formula is C17H25Cl2NO3. The van der Waals surface area contributed by atoms with Crippen molar-refractivity contribution in [2.24, 2.45) is 0 Å². The minimum atomic E-state index is -0.132. The average Bonchev–Trinajstić information content (AvgIpc) is 3.03. The molecule has 0 spiro atoms. The second-order valence-electron chi connectivity index (χ2n) is 4.89. The van der Waals surface area contributed by atoms with Gasteiger partial charge in [-0.05, 0) is 37.5 Å². The van der Waals surface area contributed by atoms with Gasteiger partial charge in [-0.3, -0.25) is 9.59 Å². The molecule has 1 fully saturated rings. The standard InChI is InChI=1S/C8H13NO2.C7H6Cl2O.C2H6/c1-6(10)8-4-3-5-9(8)7(2)11;8-6-2-1-5(4-10)3-7(6)9;1-2/h8H,3-5H2,1-2H3;1-3,10H,4H2;1-2H3. The Morgan fingerprint density at radius 2 is 1.83 bits per heavy atom. The molecule has 23 heavy (non-hydrogen) atoms. The first-order chi connectivity index (χ1) is 10.9. The summed E-state index contributed by atoms with van der Waals surface area (Å²) in [4.78, 5) is 23.6. The van der Waals surface area contributed by atoms with Crippen molar-refractivity contribution < 1.29 is 14.7 Å². The summed E-state index contributed by atoms with van der Waals surface area (Å²) in [6.07, 6.45) is 1.80. The molecule has 6 heteroatoms. The fraction of sp³-hybridized carbons (Fsp3) is 0.529. The van der Waals surface area contributed by atoms with Gasteiger partial charge in [-0.2, -0.15) is 0 Å². The molecule has 1 heterocycles. The van der Waals surface area contributed by atoms with Crippen molar-refractivity contribution in [2.45, 2.75) is 53.2 Å². The summed E-state index contributed by atoms with van der Waals surface area (Å²) in [5.41, 5.74) is 0.773. The Bertz CT molecular complexity index is 501. The fourth-order valence-electron chi connectivity index (χ4n) is 2.20. The molecule has 1 aromatic rings. The number of benzene rings is 1. The number of carbonyl (C=O) groups excluding carboxylic acids is 2. The van der Waals surface area contributed by atoms with E-state index >= 15 is 0 Å². The summed E-state index contributed by atoms with van der Waals surface area (Å²) in [5.74, 6) is 0.125. The van der Waals surface area contributed by atoms with Crippen LogP contribution in [0.1, 0.15) is 46.1 Å². The molecule has 1 saturated heterocycles. The summed E-state index contributed by atoms with van der Waals surface area (Å²) in [6.45, 7) is 7.81. The third kappa shape index (κ3) is 7.34. The van der Waals surface area contributed by atoms with E-state index in [1.807, 2.05) is 13.8 Å². The van der Waals surface area contributed by atoms with E-state index in [2.05, 4.69) is 0 Å². The molecule has 4 nitrogen and oxygen atoms in total. The molecule has 1 atom stereocenters. The van der Waals surface area contributed by atoms with E-state index < -0.39 is 0 Å². The predicted molar refractivity (Wildman–Crippen MR) is 94.8 cm³/mol. The molecule has 2 rings (SSSR count). The smallest absolute Gasteiger partial charge is 0.220 e. The number of hydrogen-bond acceptors (Lipinski definition) is 3. The van der Waals surface area contributed by atoms with Gasteiger partial charge in [0.2, 0.25) is 5.91 Å². The Balaban J connectivity index is 0.000000381. The van der Waals surface area contributed by atoms with Crippen LogP contribution in [0.15, 0.2) is 18.2 Å². The minimum absolute atomic E-state index is 0.00309. The van der Waals surface area contributed by atoms with Gasteiger partial charge in [0.05, 0.1) is 22.7 Å². The van der Waals surface area contributed by atoms with Crippen molar-refractivity contribution in [1.82, 2.24) is 4.90 Å². The lowest BCUT2D eigenvalue weighted by atomic mass is 10.1. The molecule has 1 amide bonds. The Hall–Kier alpha value is -1.10. The largest absolute Gasteiger partial charge is 0.392 e. The van der Waals surface area contributed by atoms with E-state index in [-0.39, 0.29) is 24.3 Å². The Morgan fingerprint density at radius 3 is 2.22 bits per heavy atom. The van der Waals surface area contributed by atoms with Gasteiger partial charge in [-0.15, -0.1) is 0 Å². The van der Waals surface area contributed by atoms with Crippen molar-refractivity contribution in [2.75, 3.05) is 6.54 Å². The number of aliphatic hydroxyl groups excluding tert-OH is 1. The van der Waals surface area contributed by atoms with E-state index in [9.17, 15) is 9.59 Å². The van der Waals surface area contributed by atoms with Gasteiger partial charge < -0.3 is 10.0 Å². The van der Waals surface area contributed by atoms with Gasteiger partial charge >= 0.3 is 0 Å². The summed E-state index contributed by atoms with van der Waals surface area (Å²) in [7, 11) is 0. The molecule has 1 N–H and O–H groups in total. The van der Waals surface area contributed by atoms with E-state index in [0.29, 0.717) is 10.0 Å². The van der Waals surface area contributed by atoms with Crippen LogP contribution in [0.25, 0.3) is 0 Å². The molecular weight excluding hydrogens is 337 g/mol. The maximum atomic E-state index is 11.0. The molecule has 0 bridgehead atoms. The quantitative estimate of drug-likeness (QED) is 0.862. The number of carbonyl (C=O) groups is 2. The Kier molecular flexibility index (Phi) is 10.9. The van der Waals surface area contributed by atoms with Gasteiger partial charge in [0, 0.05) is 13.5 Å².